The molecular formula is C17H13N3O5. The summed E-state index contributed by atoms with van der Waals surface area (Å²) in [4.78, 5) is 24.5. The van der Waals surface area contributed by atoms with E-state index < -0.39 is 12.1 Å². The Morgan fingerprint density at radius 2 is 1.92 bits per heavy atom. The molecule has 1 aliphatic rings. The molecule has 0 bridgehead atoms. The lowest BCUT2D eigenvalue weighted by atomic mass is 10.2. The predicted octanol–water partition coefficient (Wildman–Crippen LogP) is 1.13. The van der Waals surface area contributed by atoms with Crippen LogP contribution in [0, 0.1) is 0 Å². The summed E-state index contributed by atoms with van der Waals surface area (Å²) in [6, 6.07) is 13.9. The maximum absolute atomic E-state index is 12.3. The van der Waals surface area contributed by atoms with Crippen LogP contribution in [0.15, 0.2) is 53.3 Å². The number of carbonyl (C=O) groups excluding carboxylic acids is 1. The standard InChI is InChI=1S/C17H13N3O5/c21-16-11-5-1-2-6-12(11)18-19-20(16)10-24-17(22)15-9-23-13-7-3-4-8-14(13)25-15/h1-8,15H,9-10H2/t15-/m1/s1. The van der Waals surface area contributed by atoms with Gasteiger partial charge in [0, 0.05) is 0 Å². The molecule has 8 heteroatoms. The summed E-state index contributed by atoms with van der Waals surface area (Å²) in [6.45, 7) is -0.314. The van der Waals surface area contributed by atoms with Crippen LogP contribution in [-0.4, -0.2) is 33.7 Å². The highest BCUT2D eigenvalue weighted by atomic mass is 16.6. The highest BCUT2D eigenvalue weighted by molar-refractivity contribution is 5.77. The van der Waals surface area contributed by atoms with Crippen LogP contribution >= 0.6 is 0 Å². The van der Waals surface area contributed by atoms with Gasteiger partial charge in [-0.1, -0.05) is 29.5 Å². The molecule has 0 radical (unpaired) electrons. The lowest BCUT2D eigenvalue weighted by molar-refractivity contribution is -0.159. The number of aromatic nitrogens is 3. The Balaban J connectivity index is 1.46. The molecule has 0 spiro atoms. The number of para-hydroxylation sites is 2. The molecule has 0 unspecified atom stereocenters. The van der Waals surface area contributed by atoms with E-state index in [0.717, 1.165) is 4.68 Å². The molecule has 0 saturated heterocycles. The van der Waals surface area contributed by atoms with Crippen LogP contribution in [0.3, 0.4) is 0 Å². The SMILES string of the molecule is O=C(OCn1nnc2ccccc2c1=O)[C@H]1COc2ccccc2O1. The lowest BCUT2D eigenvalue weighted by Gasteiger charge is -2.24. The van der Waals surface area contributed by atoms with E-state index in [1.807, 2.05) is 6.07 Å². The van der Waals surface area contributed by atoms with Gasteiger partial charge in [0.25, 0.3) is 5.56 Å². The van der Waals surface area contributed by atoms with Gasteiger partial charge < -0.3 is 14.2 Å². The molecule has 2 aromatic carbocycles. The lowest BCUT2D eigenvalue weighted by Crippen LogP contribution is -2.39. The Kier molecular flexibility index (Phi) is 3.77. The highest BCUT2D eigenvalue weighted by Crippen LogP contribution is 2.31. The fourth-order valence-electron chi connectivity index (χ4n) is 2.46. The van der Waals surface area contributed by atoms with Gasteiger partial charge in [0.15, 0.2) is 18.2 Å². The average Bonchev–Trinajstić information content (AvgIpc) is 2.67. The second kappa shape index (κ2) is 6.23. The summed E-state index contributed by atoms with van der Waals surface area (Å²) in [6.07, 6.45) is -0.904. The first-order valence-corrected chi connectivity index (χ1v) is 7.60. The maximum atomic E-state index is 12.3. The van der Waals surface area contributed by atoms with Gasteiger partial charge in [-0.25, -0.2) is 4.79 Å². The summed E-state index contributed by atoms with van der Waals surface area (Å²) < 4.78 is 17.1. The molecule has 1 aliphatic heterocycles. The second-order valence-electron chi connectivity index (χ2n) is 5.37. The zero-order valence-corrected chi connectivity index (χ0v) is 13.0. The van der Waals surface area contributed by atoms with Gasteiger partial charge in [-0.15, -0.1) is 5.10 Å². The third-order valence-electron chi connectivity index (χ3n) is 3.73. The van der Waals surface area contributed by atoms with Crippen molar-refractivity contribution in [2.24, 2.45) is 0 Å². The molecule has 0 aliphatic carbocycles. The Hall–Kier alpha value is -3.42. The second-order valence-corrected chi connectivity index (χ2v) is 5.37. The zero-order valence-electron chi connectivity index (χ0n) is 13.0. The van der Waals surface area contributed by atoms with Crippen molar-refractivity contribution < 1.29 is 19.0 Å². The van der Waals surface area contributed by atoms with Crippen LogP contribution < -0.4 is 15.0 Å². The van der Waals surface area contributed by atoms with Gasteiger partial charge in [-0.05, 0) is 24.3 Å². The number of fused-ring (bicyclic) bond motifs is 2. The van der Waals surface area contributed by atoms with E-state index in [0.29, 0.717) is 22.4 Å². The normalized spacial score (nSPS) is 15.8. The monoisotopic (exact) mass is 339 g/mol. The Bertz CT molecular complexity index is 1000. The summed E-state index contributed by atoms with van der Waals surface area (Å²) in [5.74, 6) is 0.401. The van der Waals surface area contributed by atoms with Crippen LogP contribution in [0.2, 0.25) is 0 Å². The fraction of sp³-hybridized carbons (Fsp3) is 0.176. The first-order chi connectivity index (χ1) is 12.2. The summed E-state index contributed by atoms with van der Waals surface area (Å²) in [7, 11) is 0. The van der Waals surface area contributed by atoms with Crippen molar-refractivity contribution in [1.82, 2.24) is 15.0 Å². The first-order valence-electron chi connectivity index (χ1n) is 7.60. The van der Waals surface area contributed by atoms with Crippen LogP contribution in [0.25, 0.3) is 10.9 Å². The molecule has 1 atom stereocenters. The number of hydrogen-bond donors (Lipinski definition) is 0. The zero-order chi connectivity index (χ0) is 17.2. The Morgan fingerprint density at radius 3 is 2.80 bits per heavy atom. The quantitative estimate of drug-likeness (QED) is 0.660. The minimum atomic E-state index is -0.904. The molecule has 8 nitrogen and oxygen atoms in total. The number of hydrogen-bond acceptors (Lipinski definition) is 7. The van der Waals surface area contributed by atoms with E-state index in [2.05, 4.69) is 10.3 Å². The summed E-state index contributed by atoms with van der Waals surface area (Å²) in [5.41, 5.74) is 0.0975. The molecule has 0 saturated carbocycles. The van der Waals surface area contributed by atoms with Gasteiger partial charge in [0.1, 0.15) is 12.1 Å². The topological polar surface area (TPSA) is 92.5 Å². The number of carbonyl (C=O) groups is 1. The molecule has 0 amide bonds. The minimum Gasteiger partial charge on any atom is -0.485 e. The summed E-state index contributed by atoms with van der Waals surface area (Å²) >= 11 is 0. The predicted molar refractivity (Wildman–Crippen MR) is 86.2 cm³/mol. The van der Waals surface area contributed by atoms with E-state index in [4.69, 9.17) is 14.2 Å². The molecule has 2 heterocycles. The molecule has 1 aromatic heterocycles. The van der Waals surface area contributed by atoms with E-state index in [-0.39, 0.29) is 18.9 Å². The average molecular weight is 339 g/mol. The third-order valence-corrected chi connectivity index (χ3v) is 3.73. The van der Waals surface area contributed by atoms with Gasteiger partial charge in [-0.2, -0.15) is 4.68 Å². The number of benzene rings is 2. The number of ether oxygens (including phenoxy) is 3. The molecule has 126 valence electrons. The fourth-order valence-corrected chi connectivity index (χ4v) is 2.46. The van der Waals surface area contributed by atoms with Crippen LogP contribution in [0.5, 0.6) is 11.5 Å². The van der Waals surface area contributed by atoms with Crippen molar-refractivity contribution in [3.63, 3.8) is 0 Å². The smallest absolute Gasteiger partial charge is 0.352 e. The van der Waals surface area contributed by atoms with Crippen molar-refractivity contribution in [2.75, 3.05) is 6.61 Å². The number of nitrogens with zero attached hydrogens (tertiary/aromatic N) is 3. The van der Waals surface area contributed by atoms with Crippen LogP contribution in [0.4, 0.5) is 0 Å². The van der Waals surface area contributed by atoms with Crippen molar-refractivity contribution in [3.8, 4) is 11.5 Å². The number of rotatable bonds is 3. The van der Waals surface area contributed by atoms with E-state index in [1.54, 1.807) is 42.5 Å². The highest BCUT2D eigenvalue weighted by Gasteiger charge is 2.28. The molecule has 4 rings (SSSR count). The Labute approximate surface area is 141 Å². The summed E-state index contributed by atoms with van der Waals surface area (Å²) in [5, 5.41) is 8.09. The molecular weight excluding hydrogens is 326 g/mol. The Morgan fingerprint density at radius 1 is 1.16 bits per heavy atom. The van der Waals surface area contributed by atoms with Crippen molar-refractivity contribution >= 4 is 16.9 Å². The van der Waals surface area contributed by atoms with Gasteiger partial charge in [-0.3, -0.25) is 4.79 Å². The molecule has 0 N–H and O–H groups in total. The van der Waals surface area contributed by atoms with Crippen molar-refractivity contribution in [1.29, 1.82) is 0 Å². The van der Waals surface area contributed by atoms with Gasteiger partial charge >= 0.3 is 5.97 Å². The van der Waals surface area contributed by atoms with E-state index in [9.17, 15) is 9.59 Å². The molecule has 25 heavy (non-hydrogen) atoms. The van der Waals surface area contributed by atoms with Crippen LogP contribution in [0.1, 0.15) is 0 Å². The largest absolute Gasteiger partial charge is 0.485 e. The molecule has 0 fully saturated rings. The van der Waals surface area contributed by atoms with Crippen LogP contribution in [-0.2, 0) is 16.3 Å². The van der Waals surface area contributed by atoms with E-state index >= 15 is 0 Å². The molecule has 3 aromatic rings. The number of esters is 1. The minimum absolute atomic E-state index is 0.0359. The van der Waals surface area contributed by atoms with E-state index in [1.165, 1.54) is 0 Å². The van der Waals surface area contributed by atoms with Crippen molar-refractivity contribution in [3.05, 3.63) is 58.9 Å². The van der Waals surface area contributed by atoms with Crippen molar-refractivity contribution in [2.45, 2.75) is 12.8 Å². The maximum Gasteiger partial charge on any atom is 0.352 e. The van der Waals surface area contributed by atoms with Gasteiger partial charge in [0.05, 0.1) is 5.39 Å². The first kappa shape index (κ1) is 15.1. The third kappa shape index (κ3) is 2.89. The van der Waals surface area contributed by atoms with Gasteiger partial charge in [0.2, 0.25) is 6.10 Å².